The van der Waals surface area contributed by atoms with Gasteiger partial charge in [0.25, 0.3) is 11.8 Å². The molecule has 0 heterocycles. The number of anilines is 2. The molecule has 0 aliphatic carbocycles. The van der Waals surface area contributed by atoms with E-state index in [9.17, 15) is 9.59 Å². The fraction of sp³-hybridized carbons (Fsp3) is 0.167. The number of hydrogen-bond donors (Lipinski definition) is 1. The molecule has 0 aromatic heterocycles. The molecule has 2 amide bonds. The van der Waals surface area contributed by atoms with E-state index in [4.69, 9.17) is 4.74 Å². The third-order valence-corrected chi connectivity index (χ3v) is 4.31. The van der Waals surface area contributed by atoms with Gasteiger partial charge in [0.15, 0.2) is 0 Å². The first-order valence-corrected chi connectivity index (χ1v) is 9.46. The molecule has 0 aliphatic rings. The van der Waals surface area contributed by atoms with E-state index in [1.165, 1.54) is 0 Å². The van der Waals surface area contributed by atoms with Gasteiger partial charge in [0.1, 0.15) is 5.75 Å². The molecule has 0 atom stereocenters. The summed E-state index contributed by atoms with van der Waals surface area (Å²) in [5, 5.41) is 2.86. The first-order valence-electron chi connectivity index (χ1n) is 9.46. The van der Waals surface area contributed by atoms with Crippen molar-refractivity contribution in [2.45, 2.75) is 20.0 Å². The molecule has 3 aromatic rings. The highest BCUT2D eigenvalue weighted by Crippen LogP contribution is 2.22. The average Bonchev–Trinajstić information content (AvgIpc) is 2.73. The summed E-state index contributed by atoms with van der Waals surface area (Å²) < 4.78 is 5.72. The van der Waals surface area contributed by atoms with Crippen molar-refractivity contribution in [3.05, 3.63) is 90.0 Å². The van der Waals surface area contributed by atoms with E-state index in [0.717, 1.165) is 5.69 Å². The van der Waals surface area contributed by atoms with Crippen molar-refractivity contribution in [1.29, 1.82) is 0 Å². The smallest absolute Gasteiger partial charge is 0.259 e. The zero-order chi connectivity index (χ0) is 20.8. The Kier molecular flexibility index (Phi) is 6.29. The Balaban J connectivity index is 1.78. The van der Waals surface area contributed by atoms with Crippen molar-refractivity contribution in [3.63, 3.8) is 0 Å². The van der Waals surface area contributed by atoms with Crippen molar-refractivity contribution in [1.82, 2.24) is 0 Å². The van der Waals surface area contributed by atoms with Gasteiger partial charge in [-0.1, -0.05) is 36.4 Å². The topological polar surface area (TPSA) is 58.6 Å². The van der Waals surface area contributed by atoms with Crippen LogP contribution in [0.5, 0.6) is 5.75 Å². The Morgan fingerprint density at radius 2 is 1.59 bits per heavy atom. The van der Waals surface area contributed by atoms with Gasteiger partial charge in [0.05, 0.1) is 11.7 Å². The first kappa shape index (κ1) is 20.1. The Hall–Kier alpha value is -3.60. The van der Waals surface area contributed by atoms with Gasteiger partial charge < -0.3 is 15.0 Å². The number of carbonyl (C=O) groups is 2. The number of nitrogens with one attached hydrogen (secondary N) is 1. The average molecular weight is 388 g/mol. The van der Waals surface area contributed by atoms with Crippen LogP contribution in [0.1, 0.15) is 34.6 Å². The molecule has 0 spiro atoms. The number of para-hydroxylation sites is 2. The van der Waals surface area contributed by atoms with Gasteiger partial charge in [0.2, 0.25) is 0 Å². The first-order chi connectivity index (χ1) is 14.0. The number of amides is 2. The van der Waals surface area contributed by atoms with Crippen molar-refractivity contribution in [2.24, 2.45) is 0 Å². The molecule has 3 rings (SSSR count). The Morgan fingerprint density at radius 3 is 2.31 bits per heavy atom. The van der Waals surface area contributed by atoms with Gasteiger partial charge in [-0.2, -0.15) is 0 Å². The highest BCUT2D eigenvalue weighted by atomic mass is 16.5. The third kappa shape index (κ3) is 5.02. The van der Waals surface area contributed by atoms with Gasteiger partial charge >= 0.3 is 0 Å². The van der Waals surface area contributed by atoms with E-state index >= 15 is 0 Å². The van der Waals surface area contributed by atoms with E-state index in [1.807, 2.05) is 50.2 Å². The number of ether oxygens (including phenoxy) is 1. The maximum Gasteiger partial charge on any atom is 0.259 e. The number of carbonyl (C=O) groups excluding carboxylic acids is 2. The van der Waals surface area contributed by atoms with Crippen molar-refractivity contribution in [2.75, 3.05) is 17.3 Å². The van der Waals surface area contributed by atoms with Gasteiger partial charge in [-0.15, -0.1) is 0 Å². The molecular weight excluding hydrogens is 364 g/mol. The van der Waals surface area contributed by atoms with E-state index in [2.05, 4.69) is 5.32 Å². The van der Waals surface area contributed by atoms with Gasteiger partial charge in [0, 0.05) is 24.0 Å². The summed E-state index contributed by atoms with van der Waals surface area (Å²) in [5.74, 6) is 0.0779. The fourth-order valence-corrected chi connectivity index (χ4v) is 2.90. The van der Waals surface area contributed by atoms with Crippen LogP contribution in [0.2, 0.25) is 0 Å². The molecule has 0 saturated heterocycles. The monoisotopic (exact) mass is 388 g/mol. The molecule has 0 radical (unpaired) electrons. The minimum atomic E-state index is -0.290. The molecule has 29 heavy (non-hydrogen) atoms. The number of rotatable bonds is 6. The zero-order valence-electron chi connectivity index (χ0n) is 16.8. The van der Waals surface area contributed by atoms with E-state index in [0.29, 0.717) is 22.6 Å². The molecule has 5 nitrogen and oxygen atoms in total. The maximum absolute atomic E-state index is 12.8. The van der Waals surface area contributed by atoms with E-state index in [-0.39, 0.29) is 17.9 Å². The second kappa shape index (κ2) is 9.06. The minimum Gasteiger partial charge on any atom is -0.490 e. The molecule has 5 heteroatoms. The Labute approximate surface area is 170 Å². The van der Waals surface area contributed by atoms with E-state index in [1.54, 1.807) is 54.4 Å². The van der Waals surface area contributed by atoms with Crippen LogP contribution in [0.25, 0.3) is 0 Å². The lowest BCUT2D eigenvalue weighted by atomic mass is 10.1. The summed E-state index contributed by atoms with van der Waals surface area (Å²) in [6, 6.07) is 23.4. The lowest BCUT2D eigenvalue weighted by molar-refractivity contribution is 0.0989. The SMILES string of the molecule is CC(C)Oc1ccccc1C(=O)Nc1cccc(C(=O)N(C)c2ccccc2)c1. The molecule has 0 saturated carbocycles. The molecular formula is C24H24N2O3. The Morgan fingerprint density at radius 1 is 0.897 bits per heavy atom. The molecule has 0 unspecified atom stereocenters. The normalized spacial score (nSPS) is 10.5. The summed E-state index contributed by atoms with van der Waals surface area (Å²) in [7, 11) is 1.72. The molecule has 0 aliphatic heterocycles. The summed E-state index contributed by atoms with van der Waals surface area (Å²) in [4.78, 5) is 27.2. The lowest BCUT2D eigenvalue weighted by Gasteiger charge is -2.18. The van der Waals surface area contributed by atoms with Crippen LogP contribution in [0.4, 0.5) is 11.4 Å². The minimum absolute atomic E-state index is 0.0431. The van der Waals surface area contributed by atoms with Crippen LogP contribution >= 0.6 is 0 Å². The molecule has 0 fully saturated rings. The predicted molar refractivity (Wildman–Crippen MR) is 116 cm³/mol. The molecule has 0 bridgehead atoms. The third-order valence-electron chi connectivity index (χ3n) is 4.31. The lowest BCUT2D eigenvalue weighted by Crippen LogP contribution is -2.26. The van der Waals surface area contributed by atoms with Crippen LogP contribution in [0.15, 0.2) is 78.9 Å². The summed E-state index contributed by atoms with van der Waals surface area (Å²) >= 11 is 0. The summed E-state index contributed by atoms with van der Waals surface area (Å²) in [5.41, 5.74) is 2.27. The Bertz CT molecular complexity index is 1000. The van der Waals surface area contributed by atoms with Crippen LogP contribution in [-0.2, 0) is 0 Å². The fourth-order valence-electron chi connectivity index (χ4n) is 2.90. The molecule has 1 N–H and O–H groups in total. The largest absolute Gasteiger partial charge is 0.490 e. The molecule has 3 aromatic carbocycles. The van der Waals surface area contributed by atoms with Crippen LogP contribution in [0.3, 0.4) is 0 Å². The van der Waals surface area contributed by atoms with Gasteiger partial charge in [-0.25, -0.2) is 0 Å². The highest BCUT2D eigenvalue weighted by Gasteiger charge is 2.16. The highest BCUT2D eigenvalue weighted by molar-refractivity contribution is 6.09. The van der Waals surface area contributed by atoms with Gasteiger partial charge in [-0.05, 0) is 56.3 Å². The van der Waals surface area contributed by atoms with Crippen LogP contribution in [-0.4, -0.2) is 25.0 Å². The van der Waals surface area contributed by atoms with Crippen LogP contribution < -0.4 is 15.0 Å². The van der Waals surface area contributed by atoms with Crippen molar-refractivity contribution in [3.8, 4) is 5.75 Å². The zero-order valence-corrected chi connectivity index (χ0v) is 16.8. The van der Waals surface area contributed by atoms with E-state index < -0.39 is 0 Å². The number of benzene rings is 3. The quantitative estimate of drug-likeness (QED) is 0.646. The van der Waals surface area contributed by atoms with Gasteiger partial charge in [-0.3, -0.25) is 9.59 Å². The molecule has 148 valence electrons. The van der Waals surface area contributed by atoms with Crippen LogP contribution in [0, 0.1) is 0 Å². The second-order valence-electron chi connectivity index (χ2n) is 6.90. The van der Waals surface area contributed by atoms with Crippen molar-refractivity contribution < 1.29 is 14.3 Å². The standard InChI is InChI=1S/C24H24N2O3/c1-17(2)29-22-15-8-7-14-21(22)23(27)25-19-11-9-10-18(16-19)24(28)26(3)20-12-5-4-6-13-20/h4-17H,1-3H3,(H,25,27). The number of hydrogen-bond acceptors (Lipinski definition) is 3. The maximum atomic E-state index is 12.8. The summed E-state index contributed by atoms with van der Waals surface area (Å²) in [6.07, 6.45) is -0.0431. The predicted octanol–water partition coefficient (Wildman–Crippen LogP) is 5.00. The number of nitrogens with zero attached hydrogens (tertiary/aromatic N) is 1. The second-order valence-corrected chi connectivity index (χ2v) is 6.90. The van der Waals surface area contributed by atoms with Crippen molar-refractivity contribution >= 4 is 23.2 Å². The summed E-state index contributed by atoms with van der Waals surface area (Å²) in [6.45, 7) is 3.82.